The topological polar surface area (TPSA) is 34.1 Å². The third-order valence-corrected chi connectivity index (χ3v) is 9.31. The fourth-order valence-corrected chi connectivity index (χ4v) is 6.91. The number of fused-ring (bicyclic) bond motifs is 1. The van der Waals surface area contributed by atoms with Crippen molar-refractivity contribution in [3.63, 3.8) is 0 Å². The van der Waals surface area contributed by atoms with E-state index in [1.54, 1.807) is 12.2 Å². The summed E-state index contributed by atoms with van der Waals surface area (Å²) >= 11 is 1.38. The first-order valence-electron chi connectivity index (χ1n) is 11.1. The second kappa shape index (κ2) is 8.00. The van der Waals surface area contributed by atoms with Gasteiger partial charge in [-0.1, -0.05) is 62.4 Å². The number of rotatable bonds is 4. The summed E-state index contributed by atoms with van der Waals surface area (Å²) in [6.07, 6.45) is 11.0. The van der Waals surface area contributed by atoms with Crippen LogP contribution in [0.25, 0.3) is 0 Å². The number of carbonyl (C=O) groups is 2. The maximum absolute atomic E-state index is 13.0. The van der Waals surface area contributed by atoms with E-state index in [1.165, 1.54) is 36.6 Å². The summed E-state index contributed by atoms with van der Waals surface area (Å²) in [5.41, 5.74) is 2.45. The van der Waals surface area contributed by atoms with Gasteiger partial charge in [0.05, 0.1) is 4.91 Å². The van der Waals surface area contributed by atoms with Gasteiger partial charge in [0.1, 0.15) is 0 Å². The minimum Gasteiger partial charge on any atom is -0.290 e. The minimum atomic E-state index is -0.0343. The van der Waals surface area contributed by atoms with Crippen molar-refractivity contribution in [1.29, 1.82) is 0 Å². The molecule has 0 N–H and O–H groups in total. The molecule has 3 aliphatic rings. The Hall–Kier alpha value is -1.87. The average Bonchev–Trinajstić information content (AvgIpc) is 2.72. The van der Waals surface area contributed by atoms with E-state index in [-0.39, 0.29) is 22.4 Å². The summed E-state index contributed by atoms with van der Waals surface area (Å²) in [4.78, 5) is 27.4. The molecule has 4 rings (SSSR count). The summed E-state index contributed by atoms with van der Waals surface area (Å²) in [7, 11) is 0. The third kappa shape index (κ3) is 3.66. The Kier molecular flexibility index (Phi) is 5.69. The fraction of sp³-hybridized carbons (Fsp3) is 0.481. The Morgan fingerprint density at radius 2 is 1.77 bits per heavy atom. The number of ketones is 2. The van der Waals surface area contributed by atoms with Crippen LogP contribution in [0.3, 0.4) is 0 Å². The lowest BCUT2D eigenvalue weighted by atomic mass is 9.46. The second-order valence-electron chi connectivity index (χ2n) is 9.88. The van der Waals surface area contributed by atoms with Crippen LogP contribution in [-0.4, -0.2) is 11.6 Å². The molecule has 0 saturated heterocycles. The van der Waals surface area contributed by atoms with Crippen LogP contribution < -0.4 is 0 Å². The molecule has 1 aromatic rings. The maximum atomic E-state index is 13.0. The lowest BCUT2D eigenvalue weighted by Gasteiger charge is -2.58. The SMILES string of the molecule is CC1=CCCC2C1(C)CCC(C)C2(C)CC1=CC(=O)C(Sc2ccccc2)=CC1=O. The lowest BCUT2D eigenvalue weighted by Crippen LogP contribution is -2.50. The predicted octanol–water partition coefficient (Wildman–Crippen LogP) is 6.93. The van der Waals surface area contributed by atoms with Gasteiger partial charge in [-0.3, -0.25) is 9.59 Å². The largest absolute Gasteiger partial charge is 0.290 e. The molecule has 1 fully saturated rings. The van der Waals surface area contributed by atoms with Gasteiger partial charge in [0, 0.05) is 16.5 Å². The average molecular weight is 421 g/mol. The fourth-order valence-electron chi connectivity index (χ4n) is 6.04. The molecule has 0 radical (unpaired) electrons. The number of benzene rings is 1. The van der Waals surface area contributed by atoms with Crippen LogP contribution in [-0.2, 0) is 9.59 Å². The number of allylic oxidation sites excluding steroid dienone is 6. The van der Waals surface area contributed by atoms with Crippen LogP contribution >= 0.6 is 11.8 Å². The first-order chi connectivity index (χ1) is 14.2. The smallest absolute Gasteiger partial charge is 0.193 e. The molecule has 0 spiro atoms. The Bertz CT molecular complexity index is 954. The Labute approximate surface area is 184 Å². The zero-order valence-corrected chi connectivity index (χ0v) is 19.4. The van der Waals surface area contributed by atoms with E-state index in [0.29, 0.717) is 28.7 Å². The molecule has 158 valence electrons. The highest BCUT2D eigenvalue weighted by Crippen LogP contribution is 2.62. The second-order valence-corrected chi connectivity index (χ2v) is 11.0. The standard InChI is InChI=1S/C27H32O2S/c1-18-9-8-12-25-26(18,3)14-13-19(2)27(25,4)17-20-15-23(29)24(16-22(20)28)30-21-10-6-5-7-11-21/h5-7,9-11,15-16,19,25H,8,12-14,17H2,1-4H3. The van der Waals surface area contributed by atoms with E-state index in [2.05, 4.69) is 33.8 Å². The molecule has 3 heteroatoms. The molecule has 0 heterocycles. The first-order valence-corrected chi connectivity index (χ1v) is 12.0. The van der Waals surface area contributed by atoms with Crippen molar-refractivity contribution < 1.29 is 9.59 Å². The Morgan fingerprint density at radius 3 is 2.50 bits per heavy atom. The van der Waals surface area contributed by atoms with Gasteiger partial charge in [0.25, 0.3) is 0 Å². The van der Waals surface area contributed by atoms with E-state index < -0.39 is 0 Å². The van der Waals surface area contributed by atoms with Crippen molar-refractivity contribution in [2.24, 2.45) is 22.7 Å². The number of hydrogen-bond acceptors (Lipinski definition) is 3. The molecule has 0 amide bonds. The van der Waals surface area contributed by atoms with Gasteiger partial charge >= 0.3 is 0 Å². The number of carbonyl (C=O) groups excluding carboxylic acids is 2. The van der Waals surface area contributed by atoms with E-state index in [0.717, 1.165) is 11.3 Å². The number of hydrogen-bond donors (Lipinski definition) is 0. The van der Waals surface area contributed by atoms with Gasteiger partial charge < -0.3 is 0 Å². The van der Waals surface area contributed by atoms with Crippen LogP contribution in [0.1, 0.15) is 59.8 Å². The highest BCUT2D eigenvalue weighted by Gasteiger charge is 2.53. The zero-order chi connectivity index (χ0) is 21.5. The number of thioether (sulfide) groups is 1. The van der Waals surface area contributed by atoms with Crippen LogP contribution in [0.4, 0.5) is 0 Å². The molecule has 1 saturated carbocycles. The van der Waals surface area contributed by atoms with Crippen LogP contribution in [0.15, 0.2) is 69.5 Å². The van der Waals surface area contributed by atoms with Crippen LogP contribution in [0.2, 0.25) is 0 Å². The van der Waals surface area contributed by atoms with Crippen molar-refractivity contribution >= 4 is 23.3 Å². The van der Waals surface area contributed by atoms with E-state index in [1.807, 2.05) is 30.3 Å². The molecule has 3 aliphatic carbocycles. The summed E-state index contributed by atoms with van der Waals surface area (Å²) in [5.74, 6) is 1.06. The van der Waals surface area contributed by atoms with Crippen molar-refractivity contribution in [1.82, 2.24) is 0 Å². The highest BCUT2D eigenvalue weighted by molar-refractivity contribution is 8.04. The third-order valence-electron chi connectivity index (χ3n) is 8.26. The zero-order valence-electron chi connectivity index (χ0n) is 18.5. The van der Waals surface area contributed by atoms with Crippen molar-refractivity contribution in [2.75, 3.05) is 0 Å². The summed E-state index contributed by atoms with van der Waals surface area (Å²) < 4.78 is 0. The normalized spacial score (nSPS) is 34.1. The van der Waals surface area contributed by atoms with Crippen molar-refractivity contribution in [3.05, 3.63) is 64.6 Å². The van der Waals surface area contributed by atoms with E-state index >= 15 is 0 Å². The predicted molar refractivity (Wildman–Crippen MR) is 124 cm³/mol. The highest BCUT2D eigenvalue weighted by atomic mass is 32.2. The van der Waals surface area contributed by atoms with Gasteiger partial charge in [-0.25, -0.2) is 0 Å². The van der Waals surface area contributed by atoms with Gasteiger partial charge in [-0.2, -0.15) is 0 Å². The summed E-state index contributed by atoms with van der Waals surface area (Å²) in [6, 6.07) is 9.77. The molecule has 4 atom stereocenters. The first kappa shape index (κ1) is 21.4. The molecule has 30 heavy (non-hydrogen) atoms. The van der Waals surface area contributed by atoms with Gasteiger partial charge in [-0.15, -0.1) is 0 Å². The summed E-state index contributed by atoms with van der Waals surface area (Å²) in [6.45, 7) is 9.42. The molecular formula is C27H32O2S. The molecule has 0 bridgehead atoms. The monoisotopic (exact) mass is 420 g/mol. The Morgan fingerprint density at radius 1 is 1.03 bits per heavy atom. The molecular weight excluding hydrogens is 388 g/mol. The maximum Gasteiger partial charge on any atom is 0.193 e. The molecule has 2 nitrogen and oxygen atoms in total. The molecule has 4 unspecified atom stereocenters. The molecule has 0 aliphatic heterocycles. The van der Waals surface area contributed by atoms with Gasteiger partial charge in [-0.05, 0) is 79.9 Å². The van der Waals surface area contributed by atoms with Crippen LogP contribution in [0, 0.1) is 22.7 Å². The quantitative estimate of drug-likeness (QED) is 0.391. The lowest BCUT2D eigenvalue weighted by molar-refractivity contribution is -0.115. The van der Waals surface area contributed by atoms with Crippen LogP contribution in [0.5, 0.6) is 0 Å². The summed E-state index contributed by atoms with van der Waals surface area (Å²) in [5, 5.41) is 0. The van der Waals surface area contributed by atoms with Crippen molar-refractivity contribution in [3.8, 4) is 0 Å². The van der Waals surface area contributed by atoms with E-state index in [4.69, 9.17) is 0 Å². The minimum absolute atomic E-state index is 0.0109. The molecule has 0 aromatic heterocycles. The molecule has 1 aromatic carbocycles. The van der Waals surface area contributed by atoms with E-state index in [9.17, 15) is 9.59 Å². The van der Waals surface area contributed by atoms with Crippen molar-refractivity contribution in [2.45, 2.75) is 64.7 Å². The van der Waals surface area contributed by atoms with Gasteiger partial charge in [0.15, 0.2) is 11.6 Å². The van der Waals surface area contributed by atoms with Gasteiger partial charge in [0.2, 0.25) is 0 Å². The Balaban J connectivity index is 1.58.